The third kappa shape index (κ3) is 2.06. The topological polar surface area (TPSA) is 54.9 Å². The van der Waals surface area contributed by atoms with E-state index in [4.69, 9.17) is 0 Å². The van der Waals surface area contributed by atoms with Crippen LogP contribution in [0.2, 0.25) is 0 Å². The van der Waals surface area contributed by atoms with E-state index < -0.39 is 0 Å². The molecule has 102 valence electrons. The highest BCUT2D eigenvalue weighted by Gasteiger charge is 2.20. The van der Waals surface area contributed by atoms with E-state index in [9.17, 15) is 9.59 Å². The Hall–Kier alpha value is -1.36. The summed E-state index contributed by atoms with van der Waals surface area (Å²) in [5.74, 6) is 0. The minimum Gasteiger partial charge on any atom is -0.298 e. The Bertz CT molecular complexity index is 723. The van der Waals surface area contributed by atoms with Gasteiger partial charge in [-0.2, -0.15) is 0 Å². The average molecular weight is 278 g/mol. The lowest BCUT2D eigenvalue weighted by Crippen LogP contribution is -2.35. The maximum Gasteiger partial charge on any atom is 0.329 e. The SMILES string of the molecule is CCCCn1c(=O)[nH]c2sc3c(c2c1=O)CCCC3. The normalized spacial score (nSPS) is 14.8. The van der Waals surface area contributed by atoms with Crippen molar-refractivity contribution >= 4 is 21.6 Å². The summed E-state index contributed by atoms with van der Waals surface area (Å²) in [6.45, 7) is 2.58. The zero-order chi connectivity index (χ0) is 13.4. The highest BCUT2D eigenvalue weighted by molar-refractivity contribution is 7.18. The van der Waals surface area contributed by atoms with Crippen LogP contribution in [0, 0.1) is 0 Å². The van der Waals surface area contributed by atoms with Gasteiger partial charge in [-0.1, -0.05) is 13.3 Å². The number of H-pyrrole nitrogens is 1. The van der Waals surface area contributed by atoms with Gasteiger partial charge in [-0.25, -0.2) is 4.79 Å². The van der Waals surface area contributed by atoms with Crippen molar-refractivity contribution < 1.29 is 0 Å². The molecule has 0 aliphatic heterocycles. The number of hydrogen-bond acceptors (Lipinski definition) is 3. The van der Waals surface area contributed by atoms with Gasteiger partial charge in [-0.3, -0.25) is 14.3 Å². The first-order valence-corrected chi connectivity index (χ1v) is 7.81. The van der Waals surface area contributed by atoms with Gasteiger partial charge in [0.05, 0.1) is 5.39 Å². The molecule has 0 amide bonds. The Balaban J connectivity index is 2.24. The number of nitrogens with zero attached hydrogens (tertiary/aromatic N) is 1. The van der Waals surface area contributed by atoms with Gasteiger partial charge in [0, 0.05) is 11.4 Å². The molecule has 0 unspecified atom stereocenters. The van der Waals surface area contributed by atoms with Gasteiger partial charge in [0.2, 0.25) is 0 Å². The second-order valence-electron chi connectivity index (χ2n) is 5.16. The van der Waals surface area contributed by atoms with E-state index in [0.29, 0.717) is 6.54 Å². The predicted molar refractivity (Wildman–Crippen MR) is 78.3 cm³/mol. The van der Waals surface area contributed by atoms with Crippen LogP contribution in [-0.4, -0.2) is 9.55 Å². The van der Waals surface area contributed by atoms with Crippen LogP contribution in [0.15, 0.2) is 9.59 Å². The summed E-state index contributed by atoms with van der Waals surface area (Å²) in [5, 5.41) is 0.774. The molecule has 1 N–H and O–H groups in total. The summed E-state index contributed by atoms with van der Waals surface area (Å²) >= 11 is 1.59. The predicted octanol–water partition coefficient (Wildman–Crippen LogP) is 2.43. The summed E-state index contributed by atoms with van der Waals surface area (Å²) in [6, 6.07) is 0. The molecule has 2 heterocycles. The number of rotatable bonds is 3. The minimum atomic E-state index is -0.260. The zero-order valence-corrected chi connectivity index (χ0v) is 11.9. The van der Waals surface area contributed by atoms with E-state index in [1.54, 1.807) is 11.3 Å². The van der Waals surface area contributed by atoms with Crippen LogP contribution in [0.4, 0.5) is 0 Å². The number of unbranched alkanes of at least 4 members (excludes halogenated alkanes) is 1. The highest BCUT2D eigenvalue weighted by atomic mass is 32.1. The second-order valence-corrected chi connectivity index (χ2v) is 6.26. The molecule has 2 aromatic rings. The maximum absolute atomic E-state index is 12.5. The highest BCUT2D eigenvalue weighted by Crippen LogP contribution is 2.32. The smallest absolute Gasteiger partial charge is 0.298 e. The Morgan fingerprint density at radius 3 is 2.84 bits per heavy atom. The van der Waals surface area contributed by atoms with Crippen molar-refractivity contribution in [3.63, 3.8) is 0 Å². The van der Waals surface area contributed by atoms with Gasteiger partial charge >= 0.3 is 5.69 Å². The molecule has 0 atom stereocenters. The lowest BCUT2D eigenvalue weighted by Gasteiger charge is -2.10. The van der Waals surface area contributed by atoms with Gasteiger partial charge in [0.1, 0.15) is 4.83 Å². The van der Waals surface area contributed by atoms with Crippen molar-refractivity contribution in [2.45, 2.75) is 52.0 Å². The monoisotopic (exact) mass is 278 g/mol. The minimum absolute atomic E-state index is 0.0911. The molecular weight excluding hydrogens is 260 g/mol. The number of aromatic amines is 1. The summed E-state index contributed by atoms with van der Waals surface area (Å²) in [7, 11) is 0. The van der Waals surface area contributed by atoms with Gasteiger partial charge in [-0.05, 0) is 37.7 Å². The average Bonchev–Trinajstić information content (AvgIpc) is 2.76. The summed E-state index contributed by atoms with van der Waals surface area (Å²) < 4.78 is 1.37. The number of fused-ring (bicyclic) bond motifs is 3. The number of nitrogens with one attached hydrogen (secondary N) is 1. The number of aromatic nitrogens is 2. The van der Waals surface area contributed by atoms with Gasteiger partial charge < -0.3 is 0 Å². The van der Waals surface area contributed by atoms with Crippen molar-refractivity contribution in [2.75, 3.05) is 0 Å². The Kier molecular flexibility index (Phi) is 3.31. The third-order valence-corrected chi connectivity index (χ3v) is 5.04. The van der Waals surface area contributed by atoms with Crippen LogP contribution in [-0.2, 0) is 19.4 Å². The van der Waals surface area contributed by atoms with Crippen LogP contribution in [0.25, 0.3) is 10.2 Å². The molecule has 19 heavy (non-hydrogen) atoms. The first kappa shape index (κ1) is 12.7. The van der Waals surface area contributed by atoms with Crippen LogP contribution >= 0.6 is 11.3 Å². The Morgan fingerprint density at radius 1 is 1.26 bits per heavy atom. The van der Waals surface area contributed by atoms with E-state index in [2.05, 4.69) is 11.9 Å². The molecule has 4 nitrogen and oxygen atoms in total. The first-order chi connectivity index (χ1) is 9.22. The van der Waals surface area contributed by atoms with Crippen molar-refractivity contribution in [1.82, 2.24) is 9.55 Å². The van der Waals surface area contributed by atoms with Crippen LogP contribution in [0.5, 0.6) is 0 Å². The standard InChI is InChI=1S/C14H18N2O2S/c1-2-3-8-16-13(17)11-9-6-4-5-7-10(9)19-12(11)15-14(16)18/h2-8H2,1H3,(H,15,18). The Morgan fingerprint density at radius 2 is 2.05 bits per heavy atom. The molecule has 1 aliphatic carbocycles. The first-order valence-electron chi connectivity index (χ1n) is 6.99. The molecule has 0 saturated carbocycles. The van der Waals surface area contributed by atoms with E-state index in [0.717, 1.165) is 42.3 Å². The van der Waals surface area contributed by atoms with Crippen LogP contribution in [0.1, 0.15) is 43.0 Å². The van der Waals surface area contributed by atoms with Gasteiger partial charge in [-0.15, -0.1) is 11.3 Å². The maximum atomic E-state index is 12.5. The summed E-state index contributed by atoms with van der Waals surface area (Å²) in [5.41, 5.74) is 0.842. The lowest BCUT2D eigenvalue weighted by molar-refractivity contribution is 0.589. The van der Waals surface area contributed by atoms with Crippen molar-refractivity contribution in [3.8, 4) is 0 Å². The molecule has 0 aromatic carbocycles. The second kappa shape index (κ2) is 4.96. The van der Waals surface area contributed by atoms with Crippen LogP contribution in [0.3, 0.4) is 0 Å². The molecule has 5 heteroatoms. The molecular formula is C14H18N2O2S. The summed E-state index contributed by atoms with van der Waals surface area (Å²) in [6.07, 6.45) is 6.20. The molecule has 2 aromatic heterocycles. The lowest BCUT2D eigenvalue weighted by atomic mass is 9.97. The molecule has 1 aliphatic rings. The van der Waals surface area contributed by atoms with E-state index in [1.807, 2.05) is 0 Å². The molecule has 0 saturated heterocycles. The van der Waals surface area contributed by atoms with Gasteiger partial charge in [0.15, 0.2) is 0 Å². The van der Waals surface area contributed by atoms with E-state index in [-0.39, 0.29) is 11.2 Å². The third-order valence-electron chi connectivity index (χ3n) is 3.83. The van der Waals surface area contributed by atoms with E-state index >= 15 is 0 Å². The fraction of sp³-hybridized carbons (Fsp3) is 0.571. The molecule has 0 bridgehead atoms. The van der Waals surface area contributed by atoms with E-state index in [1.165, 1.54) is 21.4 Å². The number of thiophene rings is 1. The fourth-order valence-corrected chi connectivity index (χ4v) is 4.06. The molecule has 0 spiro atoms. The van der Waals surface area contributed by atoms with Gasteiger partial charge in [0.25, 0.3) is 5.56 Å². The zero-order valence-electron chi connectivity index (χ0n) is 11.1. The number of hydrogen-bond donors (Lipinski definition) is 1. The molecule has 0 fully saturated rings. The largest absolute Gasteiger partial charge is 0.329 e. The van der Waals surface area contributed by atoms with Crippen LogP contribution < -0.4 is 11.2 Å². The quantitative estimate of drug-likeness (QED) is 0.937. The number of aryl methyl sites for hydroxylation is 2. The Labute approximate surface area is 115 Å². The van der Waals surface area contributed by atoms with Crippen molar-refractivity contribution in [1.29, 1.82) is 0 Å². The molecule has 3 rings (SSSR count). The summed E-state index contributed by atoms with van der Waals surface area (Å²) in [4.78, 5) is 29.5. The molecule has 0 radical (unpaired) electrons. The fourth-order valence-electron chi connectivity index (χ4n) is 2.79. The van der Waals surface area contributed by atoms with Crippen molar-refractivity contribution in [3.05, 3.63) is 31.3 Å². The van der Waals surface area contributed by atoms with Crippen molar-refractivity contribution in [2.24, 2.45) is 0 Å².